The van der Waals surface area contributed by atoms with Crippen LogP contribution >= 0.6 is 12.4 Å². The van der Waals surface area contributed by atoms with E-state index in [2.05, 4.69) is 0 Å². The molecule has 0 aromatic heterocycles. The number of rotatable bonds is 3. The zero-order chi connectivity index (χ0) is 14.7. The summed E-state index contributed by atoms with van der Waals surface area (Å²) in [5.41, 5.74) is 6.27. The van der Waals surface area contributed by atoms with Gasteiger partial charge in [0.1, 0.15) is 5.82 Å². The van der Waals surface area contributed by atoms with Crippen molar-refractivity contribution in [1.29, 1.82) is 0 Å². The number of amides is 2. The Morgan fingerprint density at radius 3 is 2.71 bits per heavy atom. The molecule has 0 bridgehead atoms. The summed E-state index contributed by atoms with van der Waals surface area (Å²) in [6.45, 7) is 2.90. The molecule has 116 valence electrons. The van der Waals surface area contributed by atoms with Crippen LogP contribution in [-0.4, -0.2) is 47.3 Å². The SMILES string of the molecule is C[C@@H](N)C(=O)N1CCN(Cc2cccc(F)c2)C(=O)C1.Cl. The Morgan fingerprint density at radius 2 is 2.14 bits per heavy atom. The van der Waals surface area contributed by atoms with E-state index in [1.807, 2.05) is 0 Å². The number of piperazine rings is 1. The van der Waals surface area contributed by atoms with E-state index in [-0.39, 0.29) is 36.6 Å². The van der Waals surface area contributed by atoms with Crippen LogP contribution in [-0.2, 0) is 16.1 Å². The van der Waals surface area contributed by atoms with Crippen molar-refractivity contribution in [3.8, 4) is 0 Å². The topological polar surface area (TPSA) is 66.6 Å². The molecule has 0 unspecified atom stereocenters. The second-order valence-corrected chi connectivity index (χ2v) is 4.99. The largest absolute Gasteiger partial charge is 0.335 e. The van der Waals surface area contributed by atoms with Gasteiger partial charge in [-0.15, -0.1) is 12.4 Å². The van der Waals surface area contributed by atoms with E-state index in [9.17, 15) is 14.0 Å². The van der Waals surface area contributed by atoms with Crippen molar-refractivity contribution in [2.45, 2.75) is 19.5 Å². The predicted octanol–water partition coefficient (Wildman–Crippen LogP) is 0.766. The zero-order valence-electron chi connectivity index (χ0n) is 11.8. The molecule has 0 saturated carbocycles. The summed E-state index contributed by atoms with van der Waals surface area (Å²) in [5.74, 6) is -0.681. The number of hydrogen-bond acceptors (Lipinski definition) is 3. The lowest BCUT2D eigenvalue weighted by Crippen LogP contribution is -2.54. The minimum Gasteiger partial charge on any atom is -0.335 e. The summed E-state index contributed by atoms with van der Waals surface area (Å²) in [4.78, 5) is 26.8. The molecule has 1 saturated heterocycles. The smallest absolute Gasteiger partial charge is 0.242 e. The first-order chi connectivity index (χ1) is 9.47. The van der Waals surface area contributed by atoms with E-state index in [0.29, 0.717) is 19.6 Å². The summed E-state index contributed by atoms with van der Waals surface area (Å²) in [6, 6.07) is 5.57. The minimum atomic E-state index is -0.599. The first-order valence-electron chi connectivity index (χ1n) is 6.54. The first-order valence-corrected chi connectivity index (χ1v) is 6.54. The van der Waals surface area contributed by atoms with Crippen LogP contribution in [0.5, 0.6) is 0 Å². The van der Waals surface area contributed by atoms with E-state index in [0.717, 1.165) is 5.56 Å². The molecular weight excluding hydrogens is 297 g/mol. The van der Waals surface area contributed by atoms with Gasteiger partial charge in [0, 0.05) is 19.6 Å². The molecule has 1 aromatic rings. The van der Waals surface area contributed by atoms with Crippen LogP contribution in [0.3, 0.4) is 0 Å². The fourth-order valence-corrected chi connectivity index (χ4v) is 2.21. The quantitative estimate of drug-likeness (QED) is 0.896. The molecule has 1 fully saturated rings. The van der Waals surface area contributed by atoms with Gasteiger partial charge in [-0.1, -0.05) is 12.1 Å². The predicted molar refractivity (Wildman–Crippen MR) is 79.3 cm³/mol. The van der Waals surface area contributed by atoms with Gasteiger partial charge in [0.15, 0.2) is 0 Å². The Hall–Kier alpha value is -1.66. The summed E-state index contributed by atoms with van der Waals surface area (Å²) in [5, 5.41) is 0. The molecule has 0 aliphatic carbocycles. The van der Waals surface area contributed by atoms with Gasteiger partial charge in [0.2, 0.25) is 11.8 Å². The highest BCUT2D eigenvalue weighted by molar-refractivity contribution is 5.88. The van der Waals surface area contributed by atoms with Crippen molar-refractivity contribution in [3.05, 3.63) is 35.6 Å². The fourth-order valence-electron chi connectivity index (χ4n) is 2.21. The fraction of sp³-hybridized carbons (Fsp3) is 0.429. The number of nitrogens with two attached hydrogens (primary N) is 1. The Kier molecular flexibility index (Phi) is 6.11. The Bertz CT molecular complexity index is 525. The molecule has 7 heteroatoms. The number of hydrogen-bond donors (Lipinski definition) is 1. The van der Waals surface area contributed by atoms with Gasteiger partial charge >= 0.3 is 0 Å². The first kappa shape index (κ1) is 17.4. The Labute approximate surface area is 129 Å². The van der Waals surface area contributed by atoms with Gasteiger partial charge in [-0.2, -0.15) is 0 Å². The van der Waals surface area contributed by atoms with Gasteiger partial charge in [0.25, 0.3) is 0 Å². The number of halogens is 2. The molecule has 1 heterocycles. The molecular formula is C14H19ClFN3O2. The molecule has 2 N–H and O–H groups in total. The zero-order valence-corrected chi connectivity index (χ0v) is 12.6. The third-order valence-corrected chi connectivity index (χ3v) is 3.28. The molecule has 21 heavy (non-hydrogen) atoms. The monoisotopic (exact) mass is 315 g/mol. The van der Waals surface area contributed by atoms with Crippen molar-refractivity contribution in [1.82, 2.24) is 9.80 Å². The normalized spacial score (nSPS) is 16.4. The van der Waals surface area contributed by atoms with Crippen molar-refractivity contribution in [3.63, 3.8) is 0 Å². The molecule has 0 radical (unpaired) electrons. The van der Waals surface area contributed by atoms with Gasteiger partial charge in [-0.05, 0) is 24.6 Å². The number of benzene rings is 1. The summed E-state index contributed by atoms with van der Waals surface area (Å²) < 4.78 is 13.1. The van der Waals surface area contributed by atoms with E-state index in [1.54, 1.807) is 24.0 Å². The molecule has 2 rings (SSSR count). The second kappa shape index (κ2) is 7.38. The maximum atomic E-state index is 13.1. The van der Waals surface area contributed by atoms with Crippen LogP contribution in [0.2, 0.25) is 0 Å². The molecule has 1 aliphatic heterocycles. The average Bonchev–Trinajstić information content (AvgIpc) is 2.40. The Balaban J connectivity index is 0.00000220. The highest BCUT2D eigenvalue weighted by atomic mass is 35.5. The minimum absolute atomic E-state index is 0. The van der Waals surface area contributed by atoms with Gasteiger partial charge < -0.3 is 15.5 Å². The number of carbonyl (C=O) groups excluding carboxylic acids is 2. The van der Waals surface area contributed by atoms with Crippen LogP contribution in [0.1, 0.15) is 12.5 Å². The van der Waals surface area contributed by atoms with Gasteiger partial charge in [-0.3, -0.25) is 9.59 Å². The highest BCUT2D eigenvalue weighted by Gasteiger charge is 2.28. The number of carbonyl (C=O) groups is 2. The lowest BCUT2D eigenvalue weighted by molar-refractivity contribution is -0.146. The summed E-state index contributed by atoms with van der Waals surface area (Å²) in [7, 11) is 0. The third-order valence-electron chi connectivity index (χ3n) is 3.28. The van der Waals surface area contributed by atoms with Gasteiger partial charge in [0.05, 0.1) is 12.6 Å². The summed E-state index contributed by atoms with van der Waals surface area (Å²) in [6.07, 6.45) is 0. The average molecular weight is 316 g/mol. The van der Waals surface area contributed by atoms with E-state index < -0.39 is 6.04 Å². The van der Waals surface area contributed by atoms with Crippen LogP contribution in [0.4, 0.5) is 4.39 Å². The van der Waals surface area contributed by atoms with E-state index >= 15 is 0 Å². The van der Waals surface area contributed by atoms with Crippen molar-refractivity contribution < 1.29 is 14.0 Å². The van der Waals surface area contributed by atoms with Crippen molar-refractivity contribution >= 4 is 24.2 Å². The molecule has 2 amide bonds. The lowest BCUT2D eigenvalue weighted by Gasteiger charge is -2.35. The van der Waals surface area contributed by atoms with Crippen LogP contribution < -0.4 is 5.73 Å². The Morgan fingerprint density at radius 1 is 1.43 bits per heavy atom. The summed E-state index contributed by atoms with van der Waals surface area (Å²) >= 11 is 0. The van der Waals surface area contributed by atoms with Crippen molar-refractivity contribution in [2.75, 3.05) is 19.6 Å². The lowest BCUT2D eigenvalue weighted by atomic mass is 10.2. The van der Waals surface area contributed by atoms with Crippen molar-refractivity contribution in [2.24, 2.45) is 5.73 Å². The molecule has 5 nitrogen and oxygen atoms in total. The third kappa shape index (κ3) is 4.41. The maximum absolute atomic E-state index is 13.1. The molecule has 0 spiro atoms. The second-order valence-electron chi connectivity index (χ2n) is 4.99. The molecule has 1 aromatic carbocycles. The molecule has 1 aliphatic rings. The van der Waals surface area contributed by atoms with Gasteiger partial charge in [-0.25, -0.2) is 4.39 Å². The van der Waals surface area contributed by atoms with Crippen LogP contribution in [0.15, 0.2) is 24.3 Å². The van der Waals surface area contributed by atoms with E-state index in [4.69, 9.17) is 5.73 Å². The number of nitrogens with zero attached hydrogens (tertiary/aromatic N) is 2. The van der Waals surface area contributed by atoms with Crippen LogP contribution in [0.25, 0.3) is 0 Å². The highest BCUT2D eigenvalue weighted by Crippen LogP contribution is 2.11. The van der Waals surface area contributed by atoms with Crippen LogP contribution in [0, 0.1) is 5.82 Å². The maximum Gasteiger partial charge on any atom is 0.242 e. The standard InChI is InChI=1S/C14H18FN3O2.ClH/c1-10(16)14(20)18-6-5-17(13(19)9-18)8-11-3-2-4-12(15)7-11;/h2-4,7,10H,5-6,8-9,16H2,1H3;1H/t10-;/m1./s1. The molecule has 1 atom stereocenters. The van der Waals surface area contributed by atoms with E-state index in [1.165, 1.54) is 17.0 Å².